The number of amides is 2. The van der Waals surface area contributed by atoms with Gasteiger partial charge >= 0.3 is 0 Å². The lowest BCUT2D eigenvalue weighted by Crippen LogP contribution is -2.38. The number of rotatable bonds is 5. The lowest BCUT2D eigenvalue weighted by molar-refractivity contribution is -0.130. The van der Waals surface area contributed by atoms with Crippen molar-refractivity contribution in [2.45, 2.75) is 44.9 Å². The minimum Gasteiger partial charge on any atom is -0.368 e. The van der Waals surface area contributed by atoms with Gasteiger partial charge in [0, 0.05) is 18.8 Å². The van der Waals surface area contributed by atoms with Gasteiger partial charge in [-0.25, -0.2) is 4.98 Å². The zero-order chi connectivity index (χ0) is 21.2. The maximum Gasteiger partial charge on any atom is 0.249 e. The van der Waals surface area contributed by atoms with E-state index in [1.807, 2.05) is 51.9 Å². The summed E-state index contributed by atoms with van der Waals surface area (Å²) in [5.74, 6) is 0.584. The molecule has 7 nitrogen and oxygen atoms in total. The summed E-state index contributed by atoms with van der Waals surface area (Å²) in [6.45, 7) is 1.78. The predicted octanol–water partition coefficient (Wildman–Crippen LogP) is 2.81. The molecule has 2 amide bonds. The van der Waals surface area contributed by atoms with Crippen molar-refractivity contribution in [1.82, 2.24) is 14.9 Å². The number of fused-ring (bicyclic) bond motifs is 2. The third-order valence-electron chi connectivity index (χ3n) is 6.08. The fourth-order valence-corrected chi connectivity index (χ4v) is 4.51. The van der Waals surface area contributed by atoms with Crippen LogP contribution in [-0.2, 0) is 33.8 Å². The summed E-state index contributed by atoms with van der Waals surface area (Å²) in [4.78, 5) is 32.3. The summed E-state index contributed by atoms with van der Waals surface area (Å²) in [7, 11) is 0. The zero-order valence-corrected chi connectivity index (χ0v) is 17.4. The predicted molar refractivity (Wildman–Crippen MR) is 118 cm³/mol. The number of nitrogens with zero attached hydrogens (tertiary/aromatic N) is 3. The van der Waals surface area contributed by atoms with Gasteiger partial charge in [-0.05, 0) is 49.4 Å². The largest absolute Gasteiger partial charge is 0.368 e. The quantitative estimate of drug-likeness (QED) is 0.691. The van der Waals surface area contributed by atoms with Crippen molar-refractivity contribution in [3.05, 3.63) is 59.9 Å². The number of carbonyl (C=O) groups is 2. The van der Waals surface area contributed by atoms with E-state index < -0.39 is 0 Å². The number of hydrogen-bond acceptors (Lipinski definition) is 4. The van der Waals surface area contributed by atoms with Crippen molar-refractivity contribution in [3.8, 4) is 0 Å². The topological polar surface area (TPSA) is 76.5 Å². The second-order valence-electron chi connectivity index (χ2n) is 8.10. The van der Waals surface area contributed by atoms with Gasteiger partial charge in [-0.2, -0.15) is 0 Å². The summed E-state index contributed by atoms with van der Waals surface area (Å²) in [5.41, 5.74) is 3.91. The minimum absolute atomic E-state index is 0.0296. The van der Waals surface area contributed by atoms with Gasteiger partial charge in [0.1, 0.15) is 18.5 Å². The Morgan fingerprint density at radius 2 is 1.94 bits per heavy atom. The first-order chi connectivity index (χ1) is 15.2. The molecule has 0 aliphatic carbocycles. The maximum atomic E-state index is 13.3. The molecule has 0 saturated carbocycles. The van der Waals surface area contributed by atoms with Crippen LogP contribution in [0.5, 0.6) is 0 Å². The van der Waals surface area contributed by atoms with E-state index in [-0.39, 0.29) is 31.0 Å². The molecule has 1 fully saturated rings. The van der Waals surface area contributed by atoms with Gasteiger partial charge in [-0.3, -0.25) is 9.59 Å². The van der Waals surface area contributed by atoms with Crippen LogP contribution in [0.3, 0.4) is 0 Å². The third kappa shape index (κ3) is 3.93. The van der Waals surface area contributed by atoms with E-state index in [2.05, 4.69) is 11.4 Å². The Hall–Kier alpha value is -3.19. The first kappa shape index (κ1) is 19.8. The van der Waals surface area contributed by atoms with Crippen LogP contribution in [0, 0.1) is 0 Å². The van der Waals surface area contributed by atoms with Crippen LogP contribution in [0.4, 0.5) is 5.69 Å². The smallest absolute Gasteiger partial charge is 0.249 e. The number of ether oxygens (including phenoxy) is 1. The van der Waals surface area contributed by atoms with E-state index >= 15 is 0 Å². The molecule has 2 aliphatic heterocycles. The van der Waals surface area contributed by atoms with Crippen LogP contribution in [0.1, 0.15) is 30.7 Å². The number of benzene rings is 2. The second kappa shape index (κ2) is 8.51. The highest BCUT2D eigenvalue weighted by Gasteiger charge is 2.26. The summed E-state index contributed by atoms with van der Waals surface area (Å²) in [6, 6.07) is 15.9. The average molecular weight is 418 g/mol. The summed E-state index contributed by atoms with van der Waals surface area (Å²) < 4.78 is 7.39. The molecular weight excluding hydrogens is 392 g/mol. The number of anilines is 1. The standard InChI is InChI=1S/C24H26N4O3/c29-23(27-13-5-8-17-7-1-3-10-19(17)27)16-28-20-11-4-2-9-18(20)26-22(28)15-25-24(30)21-12-6-14-31-21/h1-4,7,9-11,21H,5-6,8,12-16H2,(H,25,30). The number of para-hydroxylation sites is 3. The average Bonchev–Trinajstić information content (AvgIpc) is 3.46. The molecule has 2 aromatic carbocycles. The van der Waals surface area contributed by atoms with E-state index in [4.69, 9.17) is 9.72 Å². The van der Waals surface area contributed by atoms with Gasteiger partial charge in [0.05, 0.1) is 17.6 Å². The highest BCUT2D eigenvalue weighted by molar-refractivity contribution is 5.95. The Balaban J connectivity index is 1.39. The molecule has 1 unspecified atom stereocenters. The molecule has 3 aromatic rings. The Morgan fingerprint density at radius 1 is 1.10 bits per heavy atom. The summed E-state index contributed by atoms with van der Waals surface area (Å²) >= 11 is 0. The van der Waals surface area contributed by atoms with Gasteiger partial charge < -0.3 is 19.5 Å². The summed E-state index contributed by atoms with van der Waals surface area (Å²) in [5, 5.41) is 2.94. The Bertz CT molecular complexity index is 1120. The molecule has 1 N–H and O–H groups in total. The molecule has 0 bridgehead atoms. The third-order valence-corrected chi connectivity index (χ3v) is 6.08. The highest BCUT2D eigenvalue weighted by atomic mass is 16.5. The van der Waals surface area contributed by atoms with Crippen LogP contribution in [-0.4, -0.2) is 40.6 Å². The van der Waals surface area contributed by atoms with Crippen molar-refractivity contribution >= 4 is 28.5 Å². The van der Waals surface area contributed by atoms with Gasteiger partial charge in [-0.15, -0.1) is 0 Å². The molecule has 0 radical (unpaired) electrons. The molecule has 5 rings (SSSR count). The molecule has 7 heteroatoms. The highest BCUT2D eigenvalue weighted by Crippen LogP contribution is 2.27. The normalized spacial score (nSPS) is 18.2. The molecular formula is C24H26N4O3. The number of aryl methyl sites for hydroxylation is 1. The van der Waals surface area contributed by atoms with Crippen LogP contribution < -0.4 is 10.2 Å². The lowest BCUT2D eigenvalue weighted by Gasteiger charge is -2.29. The van der Waals surface area contributed by atoms with Gasteiger partial charge in [0.2, 0.25) is 11.8 Å². The number of aromatic nitrogens is 2. The fraction of sp³-hybridized carbons (Fsp3) is 0.375. The lowest BCUT2D eigenvalue weighted by atomic mass is 10.0. The van der Waals surface area contributed by atoms with E-state index in [1.165, 1.54) is 5.56 Å². The summed E-state index contributed by atoms with van der Waals surface area (Å²) in [6.07, 6.45) is 3.22. The van der Waals surface area contributed by atoms with Crippen molar-refractivity contribution in [2.24, 2.45) is 0 Å². The zero-order valence-electron chi connectivity index (χ0n) is 17.4. The SMILES string of the molecule is O=C(NCc1nc2ccccc2n1CC(=O)N1CCCc2ccccc21)C1CCCO1. The first-order valence-electron chi connectivity index (χ1n) is 10.9. The Morgan fingerprint density at radius 3 is 2.81 bits per heavy atom. The first-order valence-corrected chi connectivity index (χ1v) is 10.9. The molecule has 1 atom stereocenters. The van der Waals surface area contributed by atoms with Crippen molar-refractivity contribution in [1.29, 1.82) is 0 Å². The van der Waals surface area contributed by atoms with E-state index in [0.29, 0.717) is 19.0 Å². The number of carbonyl (C=O) groups excluding carboxylic acids is 2. The van der Waals surface area contributed by atoms with E-state index in [9.17, 15) is 9.59 Å². The fourth-order valence-electron chi connectivity index (χ4n) is 4.51. The van der Waals surface area contributed by atoms with E-state index in [0.717, 1.165) is 42.4 Å². The molecule has 1 aromatic heterocycles. The minimum atomic E-state index is -0.385. The monoisotopic (exact) mass is 418 g/mol. The van der Waals surface area contributed by atoms with Crippen LogP contribution in [0.25, 0.3) is 11.0 Å². The molecule has 1 saturated heterocycles. The molecule has 31 heavy (non-hydrogen) atoms. The van der Waals surface area contributed by atoms with Gasteiger partial charge in [0.15, 0.2) is 0 Å². The maximum absolute atomic E-state index is 13.3. The van der Waals surface area contributed by atoms with Crippen LogP contribution in [0.2, 0.25) is 0 Å². The van der Waals surface area contributed by atoms with E-state index in [1.54, 1.807) is 0 Å². The second-order valence-corrected chi connectivity index (χ2v) is 8.10. The Labute approximate surface area is 181 Å². The Kier molecular flexibility index (Phi) is 5.42. The van der Waals surface area contributed by atoms with Crippen molar-refractivity contribution < 1.29 is 14.3 Å². The van der Waals surface area contributed by atoms with Crippen LogP contribution >= 0.6 is 0 Å². The van der Waals surface area contributed by atoms with Crippen molar-refractivity contribution in [3.63, 3.8) is 0 Å². The molecule has 3 heterocycles. The number of nitrogens with one attached hydrogen (secondary N) is 1. The molecule has 2 aliphatic rings. The molecule has 160 valence electrons. The van der Waals surface area contributed by atoms with Crippen molar-refractivity contribution in [2.75, 3.05) is 18.1 Å². The van der Waals surface area contributed by atoms with Gasteiger partial charge in [-0.1, -0.05) is 30.3 Å². The number of hydrogen-bond donors (Lipinski definition) is 1. The number of imidazole rings is 1. The molecule has 0 spiro atoms. The van der Waals surface area contributed by atoms with Gasteiger partial charge in [0.25, 0.3) is 0 Å². The van der Waals surface area contributed by atoms with Crippen LogP contribution in [0.15, 0.2) is 48.5 Å².